The molecule has 0 bridgehead atoms. The molecule has 4 heteroatoms. The molecule has 1 unspecified atom stereocenters. The average Bonchev–Trinajstić information content (AvgIpc) is 2.55. The molecule has 0 saturated carbocycles. The van der Waals surface area contributed by atoms with Crippen molar-refractivity contribution in [2.75, 3.05) is 11.4 Å². The highest BCUT2D eigenvalue weighted by molar-refractivity contribution is 6.07. The lowest BCUT2D eigenvalue weighted by Gasteiger charge is -2.32. The number of aliphatic carboxylic acids is 1. The first-order valence-electron chi connectivity index (χ1n) is 7.70. The van der Waals surface area contributed by atoms with Gasteiger partial charge in [-0.2, -0.15) is 0 Å². The fraction of sp³-hybridized carbons (Fsp3) is 0.263. The first-order chi connectivity index (χ1) is 11.0. The third kappa shape index (κ3) is 2.72. The number of anilines is 1. The number of carboxylic acids is 1. The summed E-state index contributed by atoms with van der Waals surface area (Å²) in [6.45, 7) is 4.41. The van der Waals surface area contributed by atoms with Crippen molar-refractivity contribution >= 4 is 17.6 Å². The largest absolute Gasteiger partial charge is 0.481 e. The van der Waals surface area contributed by atoms with Gasteiger partial charge >= 0.3 is 5.97 Å². The second-order valence-corrected chi connectivity index (χ2v) is 5.99. The van der Waals surface area contributed by atoms with Crippen LogP contribution in [0.5, 0.6) is 0 Å². The second kappa shape index (κ2) is 5.88. The molecule has 0 aliphatic carbocycles. The Morgan fingerprint density at radius 1 is 1.09 bits per heavy atom. The highest BCUT2D eigenvalue weighted by Gasteiger charge is 2.32. The van der Waals surface area contributed by atoms with Crippen LogP contribution in [0.2, 0.25) is 0 Å². The Balaban J connectivity index is 2.00. The molecule has 118 valence electrons. The first-order valence-corrected chi connectivity index (χ1v) is 7.70. The summed E-state index contributed by atoms with van der Waals surface area (Å²) in [5.74, 6) is -1.46. The zero-order chi connectivity index (χ0) is 16.6. The number of hydrogen-bond donors (Lipinski definition) is 1. The van der Waals surface area contributed by atoms with Gasteiger partial charge in [0.15, 0.2) is 0 Å². The first kappa shape index (κ1) is 15.3. The van der Waals surface area contributed by atoms with Crippen molar-refractivity contribution in [2.24, 2.45) is 0 Å². The lowest BCUT2D eigenvalue weighted by Crippen LogP contribution is -2.38. The third-order valence-corrected chi connectivity index (χ3v) is 4.54. The van der Waals surface area contributed by atoms with Gasteiger partial charge in [0.25, 0.3) is 5.91 Å². The van der Waals surface area contributed by atoms with Gasteiger partial charge in [0.2, 0.25) is 0 Å². The van der Waals surface area contributed by atoms with Crippen molar-refractivity contribution in [1.29, 1.82) is 0 Å². The summed E-state index contributed by atoms with van der Waals surface area (Å²) in [5.41, 5.74) is 4.27. The van der Waals surface area contributed by atoms with Gasteiger partial charge in [-0.15, -0.1) is 0 Å². The summed E-state index contributed by atoms with van der Waals surface area (Å²) in [7, 11) is 0. The lowest BCUT2D eigenvalue weighted by atomic mass is 9.89. The van der Waals surface area contributed by atoms with E-state index in [1.165, 1.54) is 0 Å². The van der Waals surface area contributed by atoms with E-state index in [0.29, 0.717) is 29.8 Å². The van der Waals surface area contributed by atoms with E-state index in [1.54, 1.807) is 11.0 Å². The molecule has 3 rings (SSSR count). The van der Waals surface area contributed by atoms with Crippen LogP contribution in [0.4, 0.5) is 5.69 Å². The van der Waals surface area contributed by atoms with Crippen LogP contribution in [0.15, 0.2) is 42.5 Å². The molecule has 0 spiro atoms. The summed E-state index contributed by atoms with van der Waals surface area (Å²) >= 11 is 0. The Morgan fingerprint density at radius 3 is 2.52 bits per heavy atom. The molecule has 1 N–H and O–H groups in total. The van der Waals surface area contributed by atoms with E-state index in [9.17, 15) is 14.7 Å². The van der Waals surface area contributed by atoms with Crippen LogP contribution < -0.4 is 4.90 Å². The topological polar surface area (TPSA) is 57.6 Å². The van der Waals surface area contributed by atoms with Crippen LogP contribution in [0.1, 0.15) is 39.4 Å². The smallest absolute Gasteiger partial charge is 0.311 e. The van der Waals surface area contributed by atoms with E-state index in [-0.39, 0.29) is 5.91 Å². The highest BCUT2D eigenvalue weighted by Crippen LogP contribution is 2.36. The molecule has 1 aliphatic rings. The van der Waals surface area contributed by atoms with Crippen molar-refractivity contribution in [3.8, 4) is 0 Å². The van der Waals surface area contributed by atoms with Crippen molar-refractivity contribution in [3.05, 3.63) is 64.7 Å². The van der Waals surface area contributed by atoms with Gasteiger partial charge in [-0.3, -0.25) is 9.59 Å². The van der Waals surface area contributed by atoms with E-state index in [0.717, 1.165) is 11.1 Å². The van der Waals surface area contributed by atoms with E-state index in [2.05, 4.69) is 0 Å². The maximum Gasteiger partial charge on any atom is 0.311 e. The standard InChI is InChI=1S/C19H19NO3/c1-12-7-8-14(11-13(12)2)18(21)20-10-9-16(19(22)23)15-5-3-4-6-17(15)20/h3-8,11,16H,9-10H2,1-2H3,(H,22,23). The highest BCUT2D eigenvalue weighted by atomic mass is 16.4. The van der Waals surface area contributed by atoms with Crippen LogP contribution >= 0.6 is 0 Å². The number of fused-ring (bicyclic) bond motifs is 1. The maximum atomic E-state index is 12.9. The number of carbonyl (C=O) groups excluding carboxylic acids is 1. The Bertz CT molecular complexity index is 782. The normalized spacial score (nSPS) is 16.8. The van der Waals surface area contributed by atoms with E-state index < -0.39 is 11.9 Å². The zero-order valence-electron chi connectivity index (χ0n) is 13.2. The van der Waals surface area contributed by atoms with Crippen LogP contribution in [-0.2, 0) is 4.79 Å². The molecule has 23 heavy (non-hydrogen) atoms. The summed E-state index contributed by atoms with van der Waals surface area (Å²) in [6.07, 6.45) is 0.433. The van der Waals surface area contributed by atoms with Crippen molar-refractivity contribution < 1.29 is 14.7 Å². The molecular weight excluding hydrogens is 290 g/mol. The molecular formula is C19H19NO3. The lowest BCUT2D eigenvalue weighted by molar-refractivity contribution is -0.139. The van der Waals surface area contributed by atoms with E-state index in [4.69, 9.17) is 0 Å². The Morgan fingerprint density at radius 2 is 1.83 bits per heavy atom. The van der Waals surface area contributed by atoms with Crippen LogP contribution in [-0.4, -0.2) is 23.5 Å². The van der Waals surface area contributed by atoms with Crippen molar-refractivity contribution in [2.45, 2.75) is 26.2 Å². The third-order valence-electron chi connectivity index (χ3n) is 4.54. The van der Waals surface area contributed by atoms with Gasteiger partial charge in [0.1, 0.15) is 0 Å². The zero-order valence-corrected chi connectivity index (χ0v) is 13.2. The monoisotopic (exact) mass is 309 g/mol. The number of rotatable bonds is 2. The molecule has 4 nitrogen and oxygen atoms in total. The predicted octanol–water partition coefficient (Wildman–Crippen LogP) is 3.52. The van der Waals surface area contributed by atoms with Crippen molar-refractivity contribution in [3.63, 3.8) is 0 Å². The number of hydrogen-bond acceptors (Lipinski definition) is 2. The second-order valence-electron chi connectivity index (χ2n) is 5.99. The SMILES string of the molecule is Cc1ccc(C(=O)N2CCC(C(=O)O)c3ccccc32)cc1C. The molecule has 2 aromatic carbocycles. The summed E-state index contributed by atoms with van der Waals surface area (Å²) in [5, 5.41) is 9.39. The number of nitrogens with zero attached hydrogens (tertiary/aromatic N) is 1. The minimum Gasteiger partial charge on any atom is -0.481 e. The minimum absolute atomic E-state index is 0.0793. The minimum atomic E-state index is -0.837. The quantitative estimate of drug-likeness (QED) is 0.923. The molecule has 2 aromatic rings. The van der Waals surface area contributed by atoms with Gasteiger partial charge in [0, 0.05) is 17.8 Å². The van der Waals surface area contributed by atoms with Crippen LogP contribution in [0, 0.1) is 13.8 Å². The van der Waals surface area contributed by atoms with Crippen LogP contribution in [0.25, 0.3) is 0 Å². The molecule has 0 saturated heterocycles. The van der Waals surface area contributed by atoms with Gasteiger partial charge in [-0.25, -0.2) is 0 Å². The molecule has 0 radical (unpaired) electrons. The van der Waals surface area contributed by atoms with Gasteiger partial charge in [-0.05, 0) is 55.2 Å². The van der Waals surface area contributed by atoms with Gasteiger partial charge in [-0.1, -0.05) is 24.3 Å². The Kier molecular flexibility index (Phi) is 3.90. The number of aryl methyl sites for hydroxylation is 2. The number of carbonyl (C=O) groups is 2. The number of amides is 1. The van der Waals surface area contributed by atoms with Crippen molar-refractivity contribution in [1.82, 2.24) is 0 Å². The molecule has 1 atom stereocenters. The molecule has 1 heterocycles. The fourth-order valence-corrected chi connectivity index (χ4v) is 3.06. The van der Waals surface area contributed by atoms with E-state index in [1.807, 2.05) is 50.2 Å². The summed E-state index contributed by atoms with van der Waals surface area (Å²) in [6, 6.07) is 12.9. The number of para-hydroxylation sites is 1. The molecule has 0 aromatic heterocycles. The maximum absolute atomic E-state index is 12.9. The summed E-state index contributed by atoms with van der Waals surface area (Å²) < 4.78 is 0. The summed E-state index contributed by atoms with van der Waals surface area (Å²) in [4.78, 5) is 26.0. The van der Waals surface area contributed by atoms with Crippen LogP contribution in [0.3, 0.4) is 0 Å². The predicted molar refractivity (Wildman–Crippen MR) is 89.0 cm³/mol. The Labute approximate surface area is 135 Å². The molecule has 1 aliphatic heterocycles. The van der Waals surface area contributed by atoms with E-state index >= 15 is 0 Å². The molecule has 0 fully saturated rings. The number of benzene rings is 2. The fourth-order valence-electron chi connectivity index (χ4n) is 3.06. The number of carboxylic acid groups (broad SMARTS) is 1. The van der Waals surface area contributed by atoms with Gasteiger partial charge in [0.05, 0.1) is 5.92 Å². The molecule has 1 amide bonds. The van der Waals surface area contributed by atoms with Gasteiger partial charge < -0.3 is 10.0 Å². The Hall–Kier alpha value is -2.62. The average molecular weight is 309 g/mol.